The molecule has 0 spiro atoms. The summed E-state index contributed by atoms with van der Waals surface area (Å²) in [5.74, 6) is 1.53. The highest BCUT2D eigenvalue weighted by Gasteiger charge is 2.20. The number of piperazine rings is 1. The van der Waals surface area contributed by atoms with Crippen LogP contribution in [0.15, 0.2) is 52.9 Å². The SMILES string of the molecule is Cc1nnc(-c2ccccc2OCC(O)CN2CCN(c3cccc(Cl)c3)CC2)o1. The molecule has 0 aliphatic carbocycles. The molecule has 0 amide bonds. The van der Waals surface area contributed by atoms with Gasteiger partial charge in [-0.05, 0) is 30.3 Å². The number of para-hydroxylation sites is 1. The van der Waals surface area contributed by atoms with Gasteiger partial charge in [0.15, 0.2) is 0 Å². The number of aromatic nitrogens is 2. The summed E-state index contributed by atoms with van der Waals surface area (Å²) in [6, 6.07) is 15.4. The minimum atomic E-state index is -0.597. The van der Waals surface area contributed by atoms with Crippen LogP contribution in [0, 0.1) is 6.92 Å². The molecule has 0 bridgehead atoms. The first-order valence-corrected chi connectivity index (χ1v) is 10.4. The van der Waals surface area contributed by atoms with Crippen LogP contribution in [-0.2, 0) is 0 Å². The normalized spacial score (nSPS) is 15.9. The third kappa shape index (κ3) is 5.11. The molecule has 1 aliphatic heterocycles. The zero-order valence-electron chi connectivity index (χ0n) is 16.9. The van der Waals surface area contributed by atoms with Crippen molar-refractivity contribution in [3.63, 3.8) is 0 Å². The molecule has 1 aliphatic rings. The van der Waals surface area contributed by atoms with Crippen LogP contribution >= 0.6 is 11.6 Å². The lowest BCUT2D eigenvalue weighted by Gasteiger charge is -2.36. The second-order valence-electron chi connectivity index (χ2n) is 7.35. The first kappa shape index (κ1) is 20.7. The van der Waals surface area contributed by atoms with E-state index in [2.05, 4.69) is 26.1 Å². The maximum Gasteiger partial charge on any atom is 0.251 e. The largest absolute Gasteiger partial charge is 0.490 e. The van der Waals surface area contributed by atoms with Crippen LogP contribution in [0.4, 0.5) is 5.69 Å². The third-order valence-electron chi connectivity index (χ3n) is 5.09. The minimum absolute atomic E-state index is 0.193. The highest BCUT2D eigenvalue weighted by Crippen LogP contribution is 2.28. The number of rotatable bonds is 7. The molecule has 1 atom stereocenters. The maximum atomic E-state index is 10.5. The van der Waals surface area contributed by atoms with Crippen molar-refractivity contribution in [2.45, 2.75) is 13.0 Å². The van der Waals surface area contributed by atoms with E-state index in [1.807, 2.05) is 42.5 Å². The molecule has 2 aromatic carbocycles. The second kappa shape index (κ2) is 9.47. The fraction of sp³-hybridized carbons (Fsp3) is 0.364. The summed E-state index contributed by atoms with van der Waals surface area (Å²) in [6.45, 7) is 6.04. The Morgan fingerprint density at radius 3 is 2.63 bits per heavy atom. The topological polar surface area (TPSA) is 74.9 Å². The number of aryl methyl sites for hydroxylation is 1. The van der Waals surface area contributed by atoms with E-state index in [-0.39, 0.29) is 6.61 Å². The fourth-order valence-electron chi connectivity index (χ4n) is 3.57. The summed E-state index contributed by atoms with van der Waals surface area (Å²) in [5, 5.41) is 19.2. The van der Waals surface area contributed by atoms with Crippen LogP contribution in [-0.4, -0.2) is 65.6 Å². The van der Waals surface area contributed by atoms with Crippen molar-refractivity contribution >= 4 is 17.3 Å². The quantitative estimate of drug-likeness (QED) is 0.619. The highest BCUT2D eigenvalue weighted by atomic mass is 35.5. The van der Waals surface area contributed by atoms with Crippen molar-refractivity contribution < 1.29 is 14.3 Å². The Balaban J connectivity index is 1.28. The number of aliphatic hydroxyl groups excluding tert-OH is 1. The number of hydrogen-bond acceptors (Lipinski definition) is 7. The molecule has 158 valence electrons. The van der Waals surface area contributed by atoms with Crippen molar-refractivity contribution in [1.82, 2.24) is 15.1 Å². The van der Waals surface area contributed by atoms with E-state index >= 15 is 0 Å². The summed E-state index contributed by atoms with van der Waals surface area (Å²) in [6.07, 6.45) is -0.597. The van der Waals surface area contributed by atoms with Gasteiger partial charge in [-0.2, -0.15) is 0 Å². The van der Waals surface area contributed by atoms with Crippen LogP contribution in [0.5, 0.6) is 5.75 Å². The van der Waals surface area contributed by atoms with Gasteiger partial charge in [-0.3, -0.25) is 4.90 Å². The fourth-order valence-corrected chi connectivity index (χ4v) is 3.76. The van der Waals surface area contributed by atoms with Crippen LogP contribution in [0.3, 0.4) is 0 Å². The van der Waals surface area contributed by atoms with Crippen molar-refractivity contribution in [2.24, 2.45) is 0 Å². The smallest absolute Gasteiger partial charge is 0.251 e. The molecule has 1 aromatic heterocycles. The Bertz CT molecular complexity index is 972. The lowest BCUT2D eigenvalue weighted by Crippen LogP contribution is -2.49. The van der Waals surface area contributed by atoms with Gasteiger partial charge in [-0.1, -0.05) is 29.8 Å². The van der Waals surface area contributed by atoms with Gasteiger partial charge in [0, 0.05) is 50.4 Å². The van der Waals surface area contributed by atoms with Gasteiger partial charge in [-0.25, -0.2) is 0 Å². The van der Waals surface area contributed by atoms with Crippen LogP contribution in [0.25, 0.3) is 11.5 Å². The monoisotopic (exact) mass is 428 g/mol. The molecule has 8 heteroatoms. The van der Waals surface area contributed by atoms with Crippen molar-refractivity contribution in [3.8, 4) is 17.2 Å². The number of benzene rings is 2. The predicted octanol–water partition coefficient (Wildman–Crippen LogP) is 3.26. The van der Waals surface area contributed by atoms with Gasteiger partial charge in [0.2, 0.25) is 5.89 Å². The molecule has 3 aromatic rings. The molecular formula is C22H25ClN4O3. The number of anilines is 1. The Labute approximate surface area is 180 Å². The summed E-state index contributed by atoms with van der Waals surface area (Å²) >= 11 is 6.10. The minimum Gasteiger partial charge on any atom is -0.490 e. The number of nitrogens with zero attached hydrogens (tertiary/aromatic N) is 4. The summed E-state index contributed by atoms with van der Waals surface area (Å²) in [4.78, 5) is 4.57. The molecule has 0 radical (unpaired) electrons. The lowest BCUT2D eigenvalue weighted by molar-refractivity contribution is 0.0664. The van der Waals surface area contributed by atoms with Gasteiger partial charge in [0.1, 0.15) is 18.5 Å². The van der Waals surface area contributed by atoms with Crippen molar-refractivity contribution in [3.05, 3.63) is 59.4 Å². The number of aliphatic hydroxyl groups is 1. The van der Waals surface area contributed by atoms with Crippen LogP contribution < -0.4 is 9.64 Å². The summed E-state index contributed by atoms with van der Waals surface area (Å²) in [5.41, 5.74) is 1.86. The van der Waals surface area contributed by atoms with Crippen LogP contribution in [0.1, 0.15) is 5.89 Å². The Hall–Kier alpha value is -2.61. The average molecular weight is 429 g/mol. The van der Waals surface area contributed by atoms with Gasteiger partial charge in [-0.15, -0.1) is 10.2 Å². The zero-order chi connectivity index (χ0) is 20.9. The molecule has 0 saturated carbocycles. The van der Waals surface area contributed by atoms with Gasteiger partial charge < -0.3 is 19.2 Å². The second-order valence-corrected chi connectivity index (χ2v) is 7.79. The van der Waals surface area contributed by atoms with E-state index in [0.29, 0.717) is 24.1 Å². The van der Waals surface area contributed by atoms with E-state index < -0.39 is 6.10 Å². The van der Waals surface area contributed by atoms with Crippen molar-refractivity contribution in [1.29, 1.82) is 0 Å². The number of halogens is 1. The Morgan fingerprint density at radius 2 is 1.90 bits per heavy atom. The lowest BCUT2D eigenvalue weighted by atomic mass is 10.2. The molecule has 1 saturated heterocycles. The van der Waals surface area contributed by atoms with Gasteiger partial charge in [0.25, 0.3) is 5.89 Å². The summed E-state index contributed by atoms with van der Waals surface area (Å²) < 4.78 is 11.4. The molecule has 1 unspecified atom stereocenters. The third-order valence-corrected chi connectivity index (χ3v) is 5.32. The Kier molecular flexibility index (Phi) is 6.52. The van der Waals surface area contributed by atoms with Crippen molar-refractivity contribution in [2.75, 3.05) is 44.2 Å². The molecule has 4 rings (SSSR count). The van der Waals surface area contributed by atoms with Gasteiger partial charge in [0.05, 0.1) is 5.56 Å². The molecule has 1 fully saturated rings. The van der Waals surface area contributed by atoms with Gasteiger partial charge >= 0.3 is 0 Å². The predicted molar refractivity (Wildman–Crippen MR) is 116 cm³/mol. The van der Waals surface area contributed by atoms with E-state index in [4.69, 9.17) is 20.8 Å². The number of hydrogen-bond donors (Lipinski definition) is 1. The van der Waals surface area contributed by atoms with E-state index in [1.165, 1.54) is 0 Å². The van der Waals surface area contributed by atoms with E-state index in [1.54, 1.807) is 6.92 Å². The maximum absolute atomic E-state index is 10.5. The standard InChI is InChI=1S/C22H25ClN4O3/c1-16-24-25-22(30-16)20-7-2-3-8-21(20)29-15-19(28)14-26-9-11-27(12-10-26)18-6-4-5-17(23)13-18/h2-8,13,19,28H,9-12,14-15H2,1H3. The number of β-amino-alcohol motifs (C(OH)–C–C–N with tert-alkyl or cyclic N) is 1. The molecular weight excluding hydrogens is 404 g/mol. The van der Waals surface area contributed by atoms with E-state index in [0.717, 1.165) is 42.5 Å². The summed E-state index contributed by atoms with van der Waals surface area (Å²) in [7, 11) is 0. The first-order valence-electron chi connectivity index (χ1n) is 10.0. The number of ether oxygens (including phenoxy) is 1. The highest BCUT2D eigenvalue weighted by molar-refractivity contribution is 6.30. The molecule has 1 N–H and O–H groups in total. The first-order chi connectivity index (χ1) is 14.6. The molecule has 7 nitrogen and oxygen atoms in total. The Morgan fingerprint density at radius 1 is 1.10 bits per heavy atom. The zero-order valence-corrected chi connectivity index (χ0v) is 17.6. The molecule has 30 heavy (non-hydrogen) atoms. The van der Waals surface area contributed by atoms with E-state index in [9.17, 15) is 5.11 Å². The average Bonchev–Trinajstić information content (AvgIpc) is 3.19. The molecule has 2 heterocycles. The van der Waals surface area contributed by atoms with Crippen LogP contribution in [0.2, 0.25) is 5.02 Å².